The fourth-order valence-electron chi connectivity index (χ4n) is 1.67. The predicted octanol–water partition coefficient (Wildman–Crippen LogP) is 2.84. The van der Waals surface area contributed by atoms with Gasteiger partial charge < -0.3 is 10.3 Å². The van der Waals surface area contributed by atoms with E-state index >= 15 is 0 Å². The third kappa shape index (κ3) is 1.37. The molecule has 16 heavy (non-hydrogen) atoms. The van der Waals surface area contributed by atoms with Gasteiger partial charge in [0.1, 0.15) is 0 Å². The van der Waals surface area contributed by atoms with Gasteiger partial charge in [0.15, 0.2) is 11.6 Å². The lowest BCUT2D eigenvalue weighted by Gasteiger charge is -1.95. The van der Waals surface area contributed by atoms with Gasteiger partial charge in [-0.2, -0.15) is 0 Å². The van der Waals surface area contributed by atoms with Crippen molar-refractivity contribution in [1.29, 1.82) is 0 Å². The number of rotatable bonds is 1. The number of aryl methyl sites for hydroxylation is 1. The normalized spacial score (nSPS) is 11.1. The van der Waals surface area contributed by atoms with Crippen molar-refractivity contribution in [1.82, 2.24) is 10.1 Å². The molecule has 2 N–H and O–H groups in total. The van der Waals surface area contributed by atoms with Gasteiger partial charge in [-0.15, -0.1) is 11.3 Å². The topological polar surface area (TPSA) is 64.9 Å². The highest BCUT2D eigenvalue weighted by atomic mass is 32.1. The van der Waals surface area contributed by atoms with Crippen LogP contribution in [0, 0.1) is 6.92 Å². The molecular formula is C11H9N3OS. The number of para-hydroxylation sites is 1. The zero-order valence-corrected chi connectivity index (χ0v) is 9.41. The molecule has 0 aliphatic rings. The summed E-state index contributed by atoms with van der Waals surface area (Å²) in [5.74, 6) is 1.05. The van der Waals surface area contributed by atoms with Crippen LogP contribution in [0.5, 0.6) is 0 Å². The Balaban J connectivity index is 2.30. The lowest BCUT2D eigenvalue weighted by molar-refractivity contribution is 0.436. The number of hydrogen-bond donors (Lipinski definition) is 1. The quantitative estimate of drug-likeness (QED) is 0.699. The Hall–Kier alpha value is -1.88. The first-order chi connectivity index (χ1) is 7.74. The van der Waals surface area contributed by atoms with Gasteiger partial charge in [-0.25, -0.2) is 4.98 Å². The van der Waals surface area contributed by atoms with Gasteiger partial charge in [0.2, 0.25) is 0 Å². The average Bonchev–Trinajstić information content (AvgIpc) is 2.82. The SMILES string of the molecule is Cc1nc2c(-c3cc(N)no3)cccc2s1. The summed E-state index contributed by atoms with van der Waals surface area (Å²) in [5.41, 5.74) is 7.42. The van der Waals surface area contributed by atoms with Gasteiger partial charge in [0.25, 0.3) is 0 Å². The van der Waals surface area contributed by atoms with Gasteiger partial charge in [0.05, 0.1) is 15.2 Å². The Labute approximate surface area is 95.7 Å². The number of nitrogens with zero attached hydrogens (tertiary/aromatic N) is 2. The van der Waals surface area contributed by atoms with Crippen molar-refractivity contribution < 1.29 is 4.52 Å². The van der Waals surface area contributed by atoms with Crippen LogP contribution in [0.2, 0.25) is 0 Å². The maximum Gasteiger partial charge on any atom is 0.171 e. The molecule has 2 aromatic heterocycles. The lowest BCUT2D eigenvalue weighted by atomic mass is 10.1. The van der Waals surface area contributed by atoms with Gasteiger partial charge in [0, 0.05) is 11.6 Å². The molecule has 0 radical (unpaired) electrons. The first kappa shape index (κ1) is 9.35. The van der Waals surface area contributed by atoms with Crippen molar-refractivity contribution in [3.63, 3.8) is 0 Å². The third-order valence-electron chi connectivity index (χ3n) is 2.32. The molecule has 5 heteroatoms. The van der Waals surface area contributed by atoms with E-state index < -0.39 is 0 Å². The summed E-state index contributed by atoms with van der Waals surface area (Å²) < 4.78 is 6.30. The molecule has 0 fully saturated rings. The minimum absolute atomic E-state index is 0.388. The molecule has 0 aliphatic heterocycles. The maximum atomic E-state index is 5.54. The second-order valence-electron chi connectivity index (χ2n) is 3.50. The van der Waals surface area contributed by atoms with E-state index in [4.69, 9.17) is 10.3 Å². The minimum Gasteiger partial charge on any atom is -0.381 e. The van der Waals surface area contributed by atoms with Gasteiger partial charge >= 0.3 is 0 Å². The predicted molar refractivity (Wildman–Crippen MR) is 64.3 cm³/mol. The molecule has 80 valence electrons. The highest BCUT2D eigenvalue weighted by Gasteiger charge is 2.11. The molecule has 0 saturated carbocycles. The van der Waals surface area contributed by atoms with Crippen LogP contribution in [-0.4, -0.2) is 10.1 Å². The molecular weight excluding hydrogens is 222 g/mol. The van der Waals surface area contributed by atoms with Crippen molar-refractivity contribution in [2.45, 2.75) is 6.92 Å². The number of nitrogen functional groups attached to an aromatic ring is 1. The highest BCUT2D eigenvalue weighted by molar-refractivity contribution is 7.18. The Kier molecular flexibility index (Phi) is 1.94. The van der Waals surface area contributed by atoms with Gasteiger partial charge in [-0.05, 0) is 19.1 Å². The van der Waals surface area contributed by atoms with E-state index in [1.165, 1.54) is 0 Å². The first-order valence-corrected chi connectivity index (χ1v) is 5.64. The number of aromatic nitrogens is 2. The average molecular weight is 231 g/mol. The molecule has 4 nitrogen and oxygen atoms in total. The summed E-state index contributed by atoms with van der Waals surface area (Å²) >= 11 is 1.66. The van der Waals surface area contributed by atoms with Gasteiger partial charge in [-0.1, -0.05) is 11.2 Å². The van der Waals surface area contributed by atoms with Crippen LogP contribution >= 0.6 is 11.3 Å². The number of anilines is 1. The summed E-state index contributed by atoms with van der Waals surface area (Å²) in [5, 5.41) is 4.72. The van der Waals surface area contributed by atoms with Crippen LogP contribution in [0.4, 0.5) is 5.82 Å². The van der Waals surface area contributed by atoms with Crippen molar-refractivity contribution in [3.8, 4) is 11.3 Å². The number of thiazole rings is 1. The van der Waals surface area contributed by atoms with Crippen molar-refractivity contribution >= 4 is 27.4 Å². The minimum atomic E-state index is 0.388. The molecule has 0 atom stereocenters. The molecule has 1 aromatic carbocycles. The number of nitrogens with two attached hydrogens (primary N) is 1. The zero-order valence-electron chi connectivity index (χ0n) is 8.60. The van der Waals surface area contributed by atoms with Crippen molar-refractivity contribution in [2.24, 2.45) is 0 Å². The van der Waals surface area contributed by atoms with Gasteiger partial charge in [-0.3, -0.25) is 0 Å². The third-order valence-corrected chi connectivity index (χ3v) is 3.26. The Morgan fingerprint density at radius 3 is 3.00 bits per heavy atom. The summed E-state index contributed by atoms with van der Waals surface area (Å²) in [6, 6.07) is 7.70. The summed E-state index contributed by atoms with van der Waals surface area (Å²) in [6.07, 6.45) is 0. The Morgan fingerprint density at radius 1 is 1.38 bits per heavy atom. The van der Waals surface area contributed by atoms with E-state index in [0.717, 1.165) is 20.8 Å². The second-order valence-corrected chi connectivity index (χ2v) is 4.74. The molecule has 0 unspecified atom stereocenters. The number of fused-ring (bicyclic) bond motifs is 1. The van der Waals surface area contributed by atoms with Crippen LogP contribution in [0.15, 0.2) is 28.8 Å². The van der Waals surface area contributed by atoms with Crippen molar-refractivity contribution in [2.75, 3.05) is 5.73 Å². The fraction of sp³-hybridized carbons (Fsp3) is 0.0909. The fourth-order valence-corrected chi connectivity index (χ4v) is 2.53. The standard InChI is InChI=1S/C11H9N3OS/c1-6-13-11-7(3-2-4-9(11)16-6)8-5-10(12)14-15-8/h2-5H,1H3,(H2,12,14). The monoisotopic (exact) mass is 231 g/mol. The molecule has 0 amide bonds. The molecule has 2 heterocycles. The molecule has 3 rings (SSSR count). The Morgan fingerprint density at radius 2 is 2.25 bits per heavy atom. The van der Waals surface area contributed by atoms with E-state index in [-0.39, 0.29) is 0 Å². The zero-order chi connectivity index (χ0) is 11.1. The van der Waals surface area contributed by atoms with E-state index in [1.54, 1.807) is 17.4 Å². The summed E-state index contributed by atoms with van der Waals surface area (Å²) in [7, 11) is 0. The van der Waals surface area contributed by atoms with Crippen LogP contribution in [0.1, 0.15) is 5.01 Å². The smallest absolute Gasteiger partial charge is 0.171 e. The van der Waals surface area contributed by atoms with E-state index in [1.807, 2.05) is 25.1 Å². The summed E-state index contributed by atoms with van der Waals surface area (Å²) in [4.78, 5) is 4.49. The van der Waals surface area contributed by atoms with Crippen LogP contribution in [-0.2, 0) is 0 Å². The molecule has 0 bridgehead atoms. The van der Waals surface area contributed by atoms with Crippen LogP contribution in [0.25, 0.3) is 21.5 Å². The number of hydrogen-bond acceptors (Lipinski definition) is 5. The number of benzene rings is 1. The second kappa shape index (κ2) is 3.31. The largest absolute Gasteiger partial charge is 0.381 e. The van der Waals surface area contributed by atoms with E-state index in [2.05, 4.69) is 10.1 Å². The molecule has 0 spiro atoms. The highest BCUT2D eigenvalue weighted by Crippen LogP contribution is 2.31. The first-order valence-electron chi connectivity index (χ1n) is 4.83. The van der Waals surface area contributed by atoms with Crippen molar-refractivity contribution in [3.05, 3.63) is 29.3 Å². The van der Waals surface area contributed by atoms with E-state index in [9.17, 15) is 0 Å². The molecule has 0 saturated heterocycles. The van der Waals surface area contributed by atoms with Crippen LogP contribution < -0.4 is 5.73 Å². The van der Waals surface area contributed by atoms with Crippen LogP contribution in [0.3, 0.4) is 0 Å². The van der Waals surface area contributed by atoms with E-state index in [0.29, 0.717) is 11.6 Å². The Bertz CT molecular complexity index is 656. The molecule has 0 aliphatic carbocycles. The summed E-state index contributed by atoms with van der Waals surface area (Å²) in [6.45, 7) is 1.99. The molecule has 3 aromatic rings. The lowest BCUT2D eigenvalue weighted by Crippen LogP contribution is -1.80. The maximum absolute atomic E-state index is 5.54.